The quantitative estimate of drug-likeness (QED) is 0.705. The van der Waals surface area contributed by atoms with Crippen LogP contribution in [0.5, 0.6) is 0 Å². The summed E-state index contributed by atoms with van der Waals surface area (Å²) in [6.45, 7) is 24.1. The normalized spacial score (nSPS) is 30.3. The van der Waals surface area contributed by atoms with Gasteiger partial charge in [-0.2, -0.15) is 0 Å². The Balaban J connectivity index is 3.05. The summed E-state index contributed by atoms with van der Waals surface area (Å²) in [5, 5.41) is 3.89. The van der Waals surface area contributed by atoms with Crippen molar-refractivity contribution < 1.29 is 0 Å². The van der Waals surface area contributed by atoms with Crippen molar-refractivity contribution in [1.29, 1.82) is 0 Å². The molecular formula is C19H39N. The van der Waals surface area contributed by atoms with Gasteiger partial charge in [0.25, 0.3) is 0 Å². The number of nitrogens with one attached hydrogen (secondary N) is 1. The van der Waals surface area contributed by atoms with E-state index in [1.165, 1.54) is 19.3 Å². The molecule has 1 aliphatic rings. The van der Waals surface area contributed by atoms with Crippen molar-refractivity contribution in [3.8, 4) is 0 Å². The summed E-state index contributed by atoms with van der Waals surface area (Å²) in [5.41, 5.74) is 1.34. The third-order valence-corrected chi connectivity index (χ3v) is 6.36. The topological polar surface area (TPSA) is 12.0 Å². The lowest BCUT2D eigenvalue weighted by molar-refractivity contribution is -0.0260. The van der Waals surface area contributed by atoms with Gasteiger partial charge in [0, 0.05) is 11.6 Å². The van der Waals surface area contributed by atoms with Gasteiger partial charge in [0.15, 0.2) is 0 Å². The average Bonchev–Trinajstić information content (AvgIpc) is 2.50. The minimum Gasteiger partial charge on any atom is -0.309 e. The van der Waals surface area contributed by atoms with Crippen molar-refractivity contribution in [1.82, 2.24) is 5.32 Å². The Hall–Kier alpha value is -0.0400. The van der Waals surface area contributed by atoms with Gasteiger partial charge < -0.3 is 5.32 Å². The second-order valence-corrected chi connectivity index (χ2v) is 9.92. The molecule has 0 saturated heterocycles. The van der Waals surface area contributed by atoms with Crippen molar-refractivity contribution in [2.75, 3.05) is 0 Å². The fourth-order valence-electron chi connectivity index (χ4n) is 4.54. The van der Waals surface area contributed by atoms with Crippen molar-refractivity contribution in [2.24, 2.45) is 22.2 Å². The van der Waals surface area contributed by atoms with Crippen LogP contribution in [0, 0.1) is 22.2 Å². The van der Waals surface area contributed by atoms with E-state index in [0.717, 1.165) is 5.92 Å². The molecule has 1 rings (SSSR count). The fourth-order valence-corrected chi connectivity index (χ4v) is 4.54. The summed E-state index contributed by atoms with van der Waals surface area (Å²) >= 11 is 0. The maximum absolute atomic E-state index is 3.89. The lowest BCUT2D eigenvalue weighted by atomic mass is 9.54. The maximum atomic E-state index is 3.89. The summed E-state index contributed by atoms with van der Waals surface area (Å²) in [4.78, 5) is 0. The van der Waals surface area contributed by atoms with Gasteiger partial charge in [-0.15, -0.1) is 0 Å². The standard InChI is InChI=1S/C19H39N/c1-11-19(10,16(2,3)4)14-12-13-15(18(14,8)9)20-17(5,6)7/h14-15,20H,11-13H2,1-10H3. The van der Waals surface area contributed by atoms with E-state index in [9.17, 15) is 0 Å². The third-order valence-electron chi connectivity index (χ3n) is 6.36. The molecule has 0 aromatic rings. The van der Waals surface area contributed by atoms with Crippen LogP contribution in [0.4, 0.5) is 0 Å². The summed E-state index contributed by atoms with van der Waals surface area (Å²) in [6.07, 6.45) is 3.95. The maximum Gasteiger partial charge on any atom is 0.0126 e. The Kier molecular flexibility index (Phi) is 4.78. The van der Waals surface area contributed by atoms with Crippen molar-refractivity contribution >= 4 is 0 Å². The smallest absolute Gasteiger partial charge is 0.0126 e. The summed E-state index contributed by atoms with van der Waals surface area (Å²) in [6, 6.07) is 0.640. The van der Waals surface area contributed by atoms with Crippen LogP contribution in [-0.2, 0) is 0 Å². The highest BCUT2D eigenvalue weighted by Crippen LogP contribution is 2.59. The molecule has 0 amide bonds. The Labute approximate surface area is 128 Å². The molecule has 3 atom stereocenters. The molecule has 1 N–H and O–H groups in total. The van der Waals surface area contributed by atoms with E-state index >= 15 is 0 Å². The van der Waals surface area contributed by atoms with Gasteiger partial charge in [0.1, 0.15) is 0 Å². The van der Waals surface area contributed by atoms with E-state index in [1.54, 1.807) is 0 Å². The largest absolute Gasteiger partial charge is 0.309 e. The summed E-state index contributed by atoms with van der Waals surface area (Å²) in [7, 11) is 0. The molecule has 1 fully saturated rings. The zero-order valence-electron chi connectivity index (χ0n) is 15.8. The van der Waals surface area contributed by atoms with Crippen LogP contribution in [0.25, 0.3) is 0 Å². The Morgan fingerprint density at radius 1 is 0.950 bits per heavy atom. The highest BCUT2D eigenvalue weighted by Gasteiger charge is 2.54. The molecular weight excluding hydrogens is 242 g/mol. The first-order chi connectivity index (χ1) is 8.75. The monoisotopic (exact) mass is 281 g/mol. The van der Waals surface area contributed by atoms with Gasteiger partial charge in [-0.1, -0.05) is 48.5 Å². The van der Waals surface area contributed by atoms with Gasteiger partial charge in [-0.05, 0) is 62.2 Å². The molecule has 0 radical (unpaired) electrons. The van der Waals surface area contributed by atoms with Crippen LogP contribution >= 0.6 is 0 Å². The van der Waals surface area contributed by atoms with Crippen molar-refractivity contribution in [3.63, 3.8) is 0 Å². The predicted molar refractivity (Wildman–Crippen MR) is 91.0 cm³/mol. The Morgan fingerprint density at radius 3 is 1.80 bits per heavy atom. The van der Waals surface area contributed by atoms with Crippen LogP contribution < -0.4 is 5.32 Å². The van der Waals surface area contributed by atoms with Crippen LogP contribution in [0.1, 0.15) is 88.5 Å². The van der Waals surface area contributed by atoms with Crippen LogP contribution in [0.3, 0.4) is 0 Å². The molecule has 0 heterocycles. The zero-order valence-corrected chi connectivity index (χ0v) is 15.8. The number of hydrogen-bond donors (Lipinski definition) is 1. The second-order valence-electron chi connectivity index (χ2n) is 9.92. The molecule has 0 aromatic heterocycles. The molecule has 0 spiro atoms. The van der Waals surface area contributed by atoms with Crippen LogP contribution in [-0.4, -0.2) is 11.6 Å². The minimum atomic E-state index is 0.209. The average molecular weight is 282 g/mol. The first-order valence-electron chi connectivity index (χ1n) is 8.53. The number of hydrogen-bond acceptors (Lipinski definition) is 1. The summed E-state index contributed by atoms with van der Waals surface area (Å²) in [5.74, 6) is 0.792. The summed E-state index contributed by atoms with van der Waals surface area (Å²) < 4.78 is 0. The van der Waals surface area contributed by atoms with E-state index in [-0.39, 0.29) is 5.54 Å². The van der Waals surface area contributed by atoms with Crippen LogP contribution in [0.15, 0.2) is 0 Å². The molecule has 0 bridgehead atoms. The lowest BCUT2D eigenvalue weighted by Gasteiger charge is -2.52. The van der Waals surface area contributed by atoms with E-state index < -0.39 is 0 Å². The van der Waals surface area contributed by atoms with Gasteiger partial charge >= 0.3 is 0 Å². The Morgan fingerprint density at radius 2 is 1.45 bits per heavy atom. The minimum absolute atomic E-state index is 0.209. The van der Waals surface area contributed by atoms with Crippen LogP contribution in [0.2, 0.25) is 0 Å². The fraction of sp³-hybridized carbons (Fsp3) is 1.00. The highest BCUT2D eigenvalue weighted by molar-refractivity contribution is 5.06. The predicted octanol–water partition coefficient (Wildman–Crippen LogP) is 5.64. The highest BCUT2D eigenvalue weighted by atomic mass is 15.0. The molecule has 3 unspecified atom stereocenters. The molecule has 1 nitrogen and oxygen atoms in total. The zero-order chi connectivity index (χ0) is 16.0. The number of rotatable bonds is 3. The van der Waals surface area contributed by atoms with Crippen molar-refractivity contribution in [3.05, 3.63) is 0 Å². The third kappa shape index (κ3) is 3.24. The van der Waals surface area contributed by atoms with E-state index in [2.05, 4.69) is 74.6 Å². The van der Waals surface area contributed by atoms with Gasteiger partial charge in [0.05, 0.1) is 0 Å². The van der Waals surface area contributed by atoms with E-state index in [1.807, 2.05) is 0 Å². The molecule has 1 saturated carbocycles. The van der Waals surface area contributed by atoms with Gasteiger partial charge in [-0.25, -0.2) is 0 Å². The lowest BCUT2D eigenvalue weighted by Crippen LogP contribution is -2.52. The molecule has 1 heteroatoms. The molecule has 120 valence electrons. The van der Waals surface area contributed by atoms with Gasteiger partial charge in [0.2, 0.25) is 0 Å². The van der Waals surface area contributed by atoms with E-state index in [0.29, 0.717) is 22.3 Å². The van der Waals surface area contributed by atoms with Crippen molar-refractivity contribution in [2.45, 2.75) is 100 Å². The van der Waals surface area contributed by atoms with Gasteiger partial charge in [-0.3, -0.25) is 0 Å². The molecule has 1 aliphatic carbocycles. The molecule has 0 aromatic carbocycles. The SMILES string of the molecule is CCC(C)(C1CCC(NC(C)(C)C)C1(C)C)C(C)(C)C. The first-order valence-corrected chi connectivity index (χ1v) is 8.53. The second kappa shape index (κ2) is 5.30. The molecule has 20 heavy (non-hydrogen) atoms. The Bertz CT molecular complexity index is 329. The molecule has 0 aliphatic heterocycles. The van der Waals surface area contributed by atoms with E-state index in [4.69, 9.17) is 0 Å². The first kappa shape index (κ1) is 18.0.